The zero-order valence-electron chi connectivity index (χ0n) is 12.9. The molecule has 118 valence electrons. The first kappa shape index (κ1) is 16.3. The normalized spacial score (nSPS) is 23.2. The summed E-state index contributed by atoms with van der Waals surface area (Å²) in [7, 11) is -0.977. The van der Waals surface area contributed by atoms with Crippen LogP contribution in [0.1, 0.15) is 25.7 Å². The van der Waals surface area contributed by atoms with Gasteiger partial charge in [-0.25, -0.2) is 8.42 Å². The number of benzene rings is 1. The molecule has 1 saturated carbocycles. The van der Waals surface area contributed by atoms with Crippen molar-refractivity contribution in [2.75, 3.05) is 26.5 Å². The Morgan fingerprint density at radius 3 is 2.52 bits per heavy atom. The maximum atomic E-state index is 11.9. The number of likely N-dealkylation sites (N-methyl/N-ethyl adjacent to an activating group) is 1. The number of ether oxygens (including phenoxy) is 1. The number of sulfone groups is 1. The minimum atomic E-state index is -2.98. The van der Waals surface area contributed by atoms with E-state index in [4.69, 9.17) is 4.74 Å². The first-order chi connectivity index (χ1) is 9.98. The fraction of sp³-hybridized carbons (Fsp3) is 0.625. The molecule has 0 aliphatic heterocycles. The number of para-hydroxylation sites is 1. The van der Waals surface area contributed by atoms with Crippen LogP contribution in [0.3, 0.4) is 0 Å². The van der Waals surface area contributed by atoms with Crippen molar-refractivity contribution < 1.29 is 13.2 Å². The topological polar surface area (TPSA) is 46.6 Å². The molecule has 2 atom stereocenters. The number of nitrogens with zero attached hydrogens (tertiary/aromatic N) is 1. The van der Waals surface area contributed by atoms with Crippen molar-refractivity contribution in [3.05, 3.63) is 30.3 Å². The Balaban J connectivity index is 1.87. The van der Waals surface area contributed by atoms with E-state index in [1.165, 1.54) is 6.26 Å². The second-order valence-electron chi connectivity index (χ2n) is 5.86. The van der Waals surface area contributed by atoms with E-state index in [9.17, 15) is 8.42 Å². The minimum absolute atomic E-state index is 0.119. The molecular weight excluding hydrogens is 286 g/mol. The van der Waals surface area contributed by atoms with E-state index >= 15 is 0 Å². The highest BCUT2D eigenvalue weighted by molar-refractivity contribution is 7.91. The van der Waals surface area contributed by atoms with E-state index < -0.39 is 9.84 Å². The van der Waals surface area contributed by atoms with Gasteiger partial charge in [0.05, 0.1) is 5.25 Å². The van der Waals surface area contributed by atoms with E-state index in [0.29, 0.717) is 6.61 Å². The van der Waals surface area contributed by atoms with Crippen LogP contribution in [0.5, 0.6) is 5.75 Å². The highest BCUT2D eigenvalue weighted by Gasteiger charge is 2.34. The molecule has 1 aromatic rings. The van der Waals surface area contributed by atoms with Crippen LogP contribution in [0.2, 0.25) is 0 Å². The second kappa shape index (κ2) is 7.27. The van der Waals surface area contributed by atoms with Crippen LogP contribution in [0, 0.1) is 0 Å². The summed E-state index contributed by atoms with van der Waals surface area (Å²) < 4.78 is 29.6. The number of hydrogen-bond acceptors (Lipinski definition) is 4. The summed E-state index contributed by atoms with van der Waals surface area (Å²) in [4.78, 5) is 2.15. The van der Waals surface area contributed by atoms with Crippen LogP contribution in [-0.4, -0.2) is 51.1 Å². The molecule has 0 bridgehead atoms. The lowest BCUT2D eigenvalue weighted by atomic mass is 9.94. The van der Waals surface area contributed by atoms with E-state index in [1.54, 1.807) is 0 Å². The first-order valence-electron chi connectivity index (χ1n) is 7.55. The van der Waals surface area contributed by atoms with Gasteiger partial charge >= 0.3 is 0 Å². The second-order valence-corrected chi connectivity index (χ2v) is 8.13. The molecule has 0 radical (unpaired) electrons. The largest absolute Gasteiger partial charge is 0.492 e. The molecular formula is C16H25NO3S. The SMILES string of the molecule is CN(CCOc1ccccc1)[C@@H]1CCCC[C@@H]1S(C)(=O)=O. The molecule has 1 aromatic carbocycles. The lowest BCUT2D eigenvalue weighted by Crippen LogP contribution is -2.48. The lowest BCUT2D eigenvalue weighted by Gasteiger charge is -2.36. The molecule has 4 nitrogen and oxygen atoms in total. The van der Waals surface area contributed by atoms with Gasteiger partial charge in [0.2, 0.25) is 0 Å². The van der Waals surface area contributed by atoms with Gasteiger partial charge < -0.3 is 4.74 Å². The van der Waals surface area contributed by atoms with Crippen molar-refractivity contribution in [3.8, 4) is 5.75 Å². The van der Waals surface area contributed by atoms with Crippen LogP contribution in [0.15, 0.2) is 30.3 Å². The quantitative estimate of drug-likeness (QED) is 0.809. The Bertz CT molecular complexity index is 530. The van der Waals surface area contributed by atoms with E-state index in [-0.39, 0.29) is 11.3 Å². The zero-order chi connectivity index (χ0) is 15.3. The maximum absolute atomic E-state index is 11.9. The summed E-state index contributed by atoms with van der Waals surface area (Å²) in [6.07, 6.45) is 5.24. The average molecular weight is 311 g/mol. The molecule has 0 amide bonds. The van der Waals surface area contributed by atoms with Crippen molar-refractivity contribution in [3.63, 3.8) is 0 Å². The summed E-state index contributed by atoms with van der Waals surface area (Å²) in [6, 6.07) is 9.82. The molecule has 0 saturated heterocycles. The molecule has 2 rings (SSSR count). The predicted octanol–water partition coefficient (Wildman–Crippen LogP) is 2.35. The molecule has 1 aliphatic carbocycles. The summed E-state index contributed by atoms with van der Waals surface area (Å²) in [6.45, 7) is 1.32. The maximum Gasteiger partial charge on any atom is 0.151 e. The molecule has 21 heavy (non-hydrogen) atoms. The van der Waals surface area contributed by atoms with Gasteiger partial charge in [0.15, 0.2) is 9.84 Å². The fourth-order valence-electron chi connectivity index (χ4n) is 3.07. The standard InChI is InChI=1S/C16H25NO3S/c1-17(12-13-20-14-8-4-3-5-9-14)15-10-6-7-11-16(15)21(2,18)19/h3-5,8-9,15-16H,6-7,10-13H2,1-2H3/t15-,16+/m1/s1. The molecule has 0 aromatic heterocycles. The lowest BCUT2D eigenvalue weighted by molar-refractivity contribution is 0.162. The van der Waals surface area contributed by atoms with Gasteiger partial charge in [-0.3, -0.25) is 4.90 Å². The molecule has 5 heteroatoms. The zero-order valence-corrected chi connectivity index (χ0v) is 13.7. The number of rotatable bonds is 6. The molecule has 0 N–H and O–H groups in total. The Hall–Kier alpha value is -1.07. The van der Waals surface area contributed by atoms with Crippen LogP contribution >= 0.6 is 0 Å². The Morgan fingerprint density at radius 2 is 1.86 bits per heavy atom. The molecule has 1 fully saturated rings. The van der Waals surface area contributed by atoms with Gasteiger partial charge in [-0.05, 0) is 32.0 Å². The summed E-state index contributed by atoms with van der Waals surface area (Å²) in [5, 5.41) is -0.229. The third kappa shape index (κ3) is 4.71. The summed E-state index contributed by atoms with van der Waals surface area (Å²) >= 11 is 0. The van der Waals surface area contributed by atoms with Gasteiger partial charge in [0.1, 0.15) is 12.4 Å². The van der Waals surface area contributed by atoms with Crippen molar-refractivity contribution >= 4 is 9.84 Å². The van der Waals surface area contributed by atoms with Crippen molar-refractivity contribution in [1.29, 1.82) is 0 Å². The van der Waals surface area contributed by atoms with E-state index in [1.807, 2.05) is 37.4 Å². The predicted molar refractivity (Wildman–Crippen MR) is 85.5 cm³/mol. The van der Waals surface area contributed by atoms with Crippen molar-refractivity contribution in [2.24, 2.45) is 0 Å². The smallest absolute Gasteiger partial charge is 0.151 e. The minimum Gasteiger partial charge on any atom is -0.492 e. The van der Waals surface area contributed by atoms with Crippen LogP contribution in [0.4, 0.5) is 0 Å². The van der Waals surface area contributed by atoms with Gasteiger partial charge in [-0.2, -0.15) is 0 Å². The number of hydrogen-bond donors (Lipinski definition) is 0. The van der Waals surface area contributed by atoms with E-state index in [2.05, 4.69) is 4.90 Å². The molecule has 0 unspecified atom stereocenters. The average Bonchev–Trinajstić information content (AvgIpc) is 2.47. The fourth-order valence-corrected chi connectivity index (χ4v) is 4.58. The van der Waals surface area contributed by atoms with Crippen LogP contribution < -0.4 is 4.74 Å². The summed E-state index contributed by atoms with van der Waals surface area (Å²) in [5.74, 6) is 0.856. The molecule has 0 heterocycles. The third-order valence-electron chi connectivity index (χ3n) is 4.24. The van der Waals surface area contributed by atoms with Crippen molar-refractivity contribution in [1.82, 2.24) is 4.90 Å². The highest BCUT2D eigenvalue weighted by Crippen LogP contribution is 2.27. The van der Waals surface area contributed by atoms with Gasteiger partial charge in [-0.15, -0.1) is 0 Å². The Morgan fingerprint density at radius 1 is 1.19 bits per heavy atom. The van der Waals surface area contributed by atoms with Gasteiger partial charge in [0.25, 0.3) is 0 Å². The molecule has 1 aliphatic rings. The van der Waals surface area contributed by atoms with Crippen LogP contribution in [-0.2, 0) is 9.84 Å². The van der Waals surface area contributed by atoms with E-state index in [0.717, 1.165) is 38.0 Å². The van der Waals surface area contributed by atoms with Gasteiger partial charge in [-0.1, -0.05) is 31.0 Å². The first-order valence-corrected chi connectivity index (χ1v) is 9.51. The Kier molecular flexibility index (Phi) is 5.65. The molecule has 0 spiro atoms. The Labute approximate surface area is 128 Å². The highest BCUT2D eigenvalue weighted by atomic mass is 32.2. The van der Waals surface area contributed by atoms with Crippen molar-refractivity contribution in [2.45, 2.75) is 37.0 Å². The monoisotopic (exact) mass is 311 g/mol. The van der Waals surface area contributed by atoms with Gasteiger partial charge in [0, 0.05) is 18.8 Å². The van der Waals surface area contributed by atoms with Crippen LogP contribution in [0.25, 0.3) is 0 Å². The third-order valence-corrected chi connectivity index (χ3v) is 5.89. The summed E-state index contributed by atoms with van der Waals surface area (Å²) in [5.41, 5.74) is 0.